The largest absolute Gasteiger partial charge is 0.366 e. The van der Waals surface area contributed by atoms with Gasteiger partial charge in [-0.15, -0.1) is 0 Å². The Morgan fingerprint density at radius 2 is 1.97 bits per heavy atom. The molecule has 0 aliphatic rings. The second-order valence-corrected chi connectivity index (χ2v) is 8.67. The maximum absolute atomic E-state index is 13.4. The molecule has 0 saturated carbocycles. The molecule has 0 fully saturated rings. The molecular formula is C23H17ClN4O4S. The number of fused-ring (bicyclic) bond motifs is 1. The number of benzene rings is 3. The second-order valence-electron chi connectivity index (χ2n) is 7.29. The van der Waals surface area contributed by atoms with Crippen molar-refractivity contribution in [2.45, 2.75) is 17.8 Å². The van der Waals surface area contributed by atoms with Crippen LogP contribution in [0.1, 0.15) is 21.5 Å². The Balaban J connectivity index is 1.84. The molecule has 1 aromatic heterocycles. The van der Waals surface area contributed by atoms with E-state index in [1.165, 1.54) is 28.5 Å². The van der Waals surface area contributed by atoms with Crippen LogP contribution in [0.25, 0.3) is 16.6 Å². The van der Waals surface area contributed by atoms with Crippen LogP contribution < -0.4 is 11.3 Å². The predicted octanol–water partition coefficient (Wildman–Crippen LogP) is 4.65. The van der Waals surface area contributed by atoms with Gasteiger partial charge in [-0.3, -0.25) is 24.3 Å². The number of hydrogen-bond acceptors (Lipinski definition) is 6. The van der Waals surface area contributed by atoms with Crippen LogP contribution in [0.3, 0.4) is 0 Å². The quantitative estimate of drug-likeness (QED) is 0.185. The van der Waals surface area contributed by atoms with E-state index in [9.17, 15) is 19.7 Å². The number of halogens is 1. The summed E-state index contributed by atoms with van der Waals surface area (Å²) in [6.45, 7) is 1.92. The number of primary amides is 1. The lowest BCUT2D eigenvalue weighted by molar-refractivity contribution is -0.385. The number of nitrogens with zero attached hydrogens (tertiary/aromatic N) is 3. The Morgan fingerprint density at radius 1 is 1.18 bits per heavy atom. The molecule has 0 unspecified atom stereocenters. The lowest BCUT2D eigenvalue weighted by Gasteiger charge is -2.14. The summed E-state index contributed by atoms with van der Waals surface area (Å²) in [6, 6.07) is 16.3. The van der Waals surface area contributed by atoms with Gasteiger partial charge in [0, 0.05) is 28.0 Å². The zero-order valence-corrected chi connectivity index (χ0v) is 18.9. The summed E-state index contributed by atoms with van der Waals surface area (Å²) in [5, 5.41) is 12.8. The Labute approximate surface area is 197 Å². The minimum Gasteiger partial charge on any atom is -0.366 e. The number of carbonyl (C=O) groups excluding carboxylic acids is 1. The number of rotatable bonds is 6. The molecule has 33 heavy (non-hydrogen) atoms. The molecule has 4 rings (SSSR count). The van der Waals surface area contributed by atoms with Crippen molar-refractivity contribution in [1.82, 2.24) is 9.55 Å². The SMILES string of the molecule is Cc1cccc(-n2c(SCc3ccc(C(N)=O)cc3[N+](=O)[O-])nc3cc(Cl)ccc3c2=O)c1. The van der Waals surface area contributed by atoms with Crippen molar-refractivity contribution in [2.75, 3.05) is 0 Å². The molecule has 0 atom stereocenters. The van der Waals surface area contributed by atoms with Crippen molar-refractivity contribution in [1.29, 1.82) is 0 Å². The highest BCUT2D eigenvalue weighted by Crippen LogP contribution is 2.30. The minimum atomic E-state index is -0.751. The summed E-state index contributed by atoms with van der Waals surface area (Å²) in [5.41, 5.74) is 7.18. The second kappa shape index (κ2) is 9.05. The fourth-order valence-corrected chi connectivity index (χ4v) is 4.56. The van der Waals surface area contributed by atoms with Gasteiger partial charge in [-0.05, 0) is 48.9 Å². The Hall–Kier alpha value is -3.69. The highest BCUT2D eigenvalue weighted by Gasteiger charge is 2.19. The molecule has 1 amide bonds. The van der Waals surface area contributed by atoms with E-state index < -0.39 is 10.8 Å². The first-order chi connectivity index (χ1) is 15.7. The third-order valence-electron chi connectivity index (χ3n) is 4.98. The molecule has 166 valence electrons. The normalized spacial score (nSPS) is 11.0. The molecule has 1 heterocycles. The fraction of sp³-hybridized carbons (Fsp3) is 0.0870. The fourth-order valence-electron chi connectivity index (χ4n) is 3.38. The van der Waals surface area contributed by atoms with Gasteiger partial charge in [-0.25, -0.2) is 4.98 Å². The lowest BCUT2D eigenvalue weighted by Crippen LogP contribution is -2.22. The van der Waals surface area contributed by atoms with Crippen molar-refractivity contribution >= 4 is 45.9 Å². The molecule has 0 spiro atoms. The third-order valence-corrected chi connectivity index (χ3v) is 6.21. The zero-order chi connectivity index (χ0) is 23.7. The van der Waals surface area contributed by atoms with E-state index >= 15 is 0 Å². The zero-order valence-electron chi connectivity index (χ0n) is 17.3. The molecule has 2 N–H and O–H groups in total. The van der Waals surface area contributed by atoms with Gasteiger partial charge in [0.1, 0.15) is 0 Å². The summed E-state index contributed by atoms with van der Waals surface area (Å²) in [6.07, 6.45) is 0. The van der Waals surface area contributed by atoms with E-state index in [0.29, 0.717) is 32.3 Å². The van der Waals surface area contributed by atoms with E-state index in [4.69, 9.17) is 17.3 Å². The molecule has 10 heteroatoms. The highest BCUT2D eigenvalue weighted by atomic mass is 35.5. The summed E-state index contributed by atoms with van der Waals surface area (Å²) in [7, 11) is 0. The Bertz CT molecular complexity index is 1490. The van der Waals surface area contributed by atoms with Gasteiger partial charge in [-0.1, -0.05) is 41.6 Å². The van der Waals surface area contributed by atoms with Crippen LogP contribution in [-0.2, 0) is 5.75 Å². The average molecular weight is 481 g/mol. The molecule has 4 aromatic rings. The van der Waals surface area contributed by atoms with Gasteiger partial charge in [0.25, 0.3) is 11.2 Å². The first kappa shape index (κ1) is 22.5. The Kier molecular flexibility index (Phi) is 6.17. The van der Waals surface area contributed by atoms with Crippen LogP contribution >= 0.6 is 23.4 Å². The summed E-state index contributed by atoms with van der Waals surface area (Å²) >= 11 is 7.27. The van der Waals surface area contributed by atoms with Gasteiger partial charge in [0.15, 0.2) is 5.16 Å². The first-order valence-corrected chi connectivity index (χ1v) is 11.1. The third kappa shape index (κ3) is 4.59. The number of amides is 1. The van der Waals surface area contributed by atoms with Crippen LogP contribution in [0.5, 0.6) is 0 Å². The van der Waals surface area contributed by atoms with Crippen molar-refractivity contribution in [3.05, 3.63) is 103 Å². The van der Waals surface area contributed by atoms with Gasteiger partial charge in [-0.2, -0.15) is 0 Å². The summed E-state index contributed by atoms with van der Waals surface area (Å²) < 4.78 is 1.48. The van der Waals surface area contributed by atoms with E-state index in [1.54, 1.807) is 24.3 Å². The molecule has 3 aromatic carbocycles. The molecule has 0 aliphatic heterocycles. The molecule has 0 aliphatic carbocycles. The maximum Gasteiger partial charge on any atom is 0.274 e. The number of thioether (sulfide) groups is 1. The highest BCUT2D eigenvalue weighted by molar-refractivity contribution is 7.98. The van der Waals surface area contributed by atoms with E-state index in [1.807, 2.05) is 25.1 Å². The van der Waals surface area contributed by atoms with Crippen LogP contribution in [0.4, 0.5) is 5.69 Å². The number of carbonyl (C=O) groups is 1. The molecular weight excluding hydrogens is 464 g/mol. The Morgan fingerprint density at radius 3 is 2.67 bits per heavy atom. The number of aryl methyl sites for hydroxylation is 1. The van der Waals surface area contributed by atoms with Crippen molar-refractivity contribution in [3.8, 4) is 5.69 Å². The average Bonchev–Trinajstić information content (AvgIpc) is 2.77. The van der Waals surface area contributed by atoms with E-state index in [2.05, 4.69) is 4.98 Å². The van der Waals surface area contributed by atoms with E-state index in [0.717, 1.165) is 11.6 Å². The molecule has 0 bridgehead atoms. The maximum atomic E-state index is 13.4. The standard InChI is InChI=1S/C23H17ClN4O4S/c1-13-3-2-4-17(9-13)27-22(30)18-8-7-16(24)11-19(18)26-23(27)33-12-15-6-5-14(21(25)29)10-20(15)28(31)32/h2-11H,12H2,1H3,(H2,25,29). The van der Waals surface area contributed by atoms with Gasteiger partial charge >= 0.3 is 0 Å². The van der Waals surface area contributed by atoms with Crippen LogP contribution in [0, 0.1) is 17.0 Å². The lowest BCUT2D eigenvalue weighted by atomic mass is 10.1. The number of nitro benzene ring substituents is 1. The molecule has 0 saturated heterocycles. The van der Waals surface area contributed by atoms with Crippen molar-refractivity contribution in [3.63, 3.8) is 0 Å². The molecule has 0 radical (unpaired) electrons. The summed E-state index contributed by atoms with van der Waals surface area (Å²) in [4.78, 5) is 40.4. The number of nitrogens with two attached hydrogens (primary N) is 1. The topological polar surface area (TPSA) is 121 Å². The number of hydrogen-bond donors (Lipinski definition) is 1. The van der Waals surface area contributed by atoms with Crippen LogP contribution in [0.15, 0.2) is 70.6 Å². The summed E-state index contributed by atoms with van der Waals surface area (Å²) in [5.74, 6) is -0.613. The van der Waals surface area contributed by atoms with Crippen molar-refractivity contribution < 1.29 is 9.72 Å². The monoisotopic (exact) mass is 480 g/mol. The van der Waals surface area contributed by atoms with Gasteiger partial charge in [0.05, 0.1) is 21.5 Å². The smallest absolute Gasteiger partial charge is 0.274 e. The minimum absolute atomic E-state index is 0.0468. The first-order valence-electron chi connectivity index (χ1n) is 9.74. The molecule has 8 nitrogen and oxygen atoms in total. The van der Waals surface area contributed by atoms with Crippen molar-refractivity contribution in [2.24, 2.45) is 5.73 Å². The number of aromatic nitrogens is 2. The number of nitro groups is 1. The van der Waals surface area contributed by atoms with Crippen LogP contribution in [-0.4, -0.2) is 20.4 Å². The van der Waals surface area contributed by atoms with E-state index in [-0.39, 0.29) is 22.6 Å². The van der Waals surface area contributed by atoms with Gasteiger partial charge in [0.2, 0.25) is 5.91 Å². The van der Waals surface area contributed by atoms with Gasteiger partial charge < -0.3 is 5.73 Å². The predicted molar refractivity (Wildman–Crippen MR) is 128 cm³/mol. The van der Waals surface area contributed by atoms with Crippen LogP contribution in [0.2, 0.25) is 5.02 Å².